The molecular formula is C23H20N2O4. The molecule has 0 aliphatic heterocycles. The van der Waals surface area contributed by atoms with Crippen molar-refractivity contribution in [3.05, 3.63) is 70.9 Å². The summed E-state index contributed by atoms with van der Waals surface area (Å²) >= 11 is 0. The van der Waals surface area contributed by atoms with E-state index in [1.54, 1.807) is 24.3 Å². The largest absolute Gasteiger partial charge is 0.452 e. The molecule has 0 atom stereocenters. The van der Waals surface area contributed by atoms with Crippen LogP contribution in [0.1, 0.15) is 45.3 Å². The van der Waals surface area contributed by atoms with Gasteiger partial charge in [0.15, 0.2) is 12.4 Å². The lowest BCUT2D eigenvalue weighted by Crippen LogP contribution is -2.22. The Kier molecular flexibility index (Phi) is 5.08. The Morgan fingerprint density at radius 1 is 1.07 bits per heavy atom. The van der Waals surface area contributed by atoms with Crippen LogP contribution in [-0.4, -0.2) is 29.3 Å². The summed E-state index contributed by atoms with van der Waals surface area (Å²) in [6.45, 7) is 1.05. The predicted octanol–water partition coefficient (Wildman–Crippen LogP) is 3.72. The third kappa shape index (κ3) is 3.87. The summed E-state index contributed by atoms with van der Waals surface area (Å²) in [7, 11) is 0. The van der Waals surface area contributed by atoms with Crippen molar-refractivity contribution in [2.75, 3.05) is 11.9 Å². The smallest absolute Gasteiger partial charge is 0.339 e. The first kappa shape index (κ1) is 18.8. The van der Waals surface area contributed by atoms with Crippen molar-refractivity contribution in [3.63, 3.8) is 0 Å². The first-order chi connectivity index (χ1) is 14.0. The van der Waals surface area contributed by atoms with Gasteiger partial charge in [-0.05, 0) is 49.9 Å². The van der Waals surface area contributed by atoms with Crippen LogP contribution in [0, 0.1) is 0 Å². The quantitative estimate of drug-likeness (QED) is 0.532. The number of pyridine rings is 1. The van der Waals surface area contributed by atoms with Gasteiger partial charge >= 0.3 is 5.97 Å². The fraction of sp³-hybridized carbons (Fsp3) is 0.217. The molecule has 3 aromatic rings. The van der Waals surface area contributed by atoms with Crippen LogP contribution in [0.5, 0.6) is 0 Å². The number of nitrogens with zero attached hydrogens (tertiary/aromatic N) is 1. The molecule has 0 bridgehead atoms. The Hall–Kier alpha value is -3.54. The predicted molar refractivity (Wildman–Crippen MR) is 109 cm³/mol. The zero-order chi connectivity index (χ0) is 20.4. The Morgan fingerprint density at radius 3 is 2.72 bits per heavy atom. The maximum Gasteiger partial charge on any atom is 0.339 e. The highest BCUT2D eigenvalue weighted by Gasteiger charge is 2.25. The number of hydrogen-bond acceptors (Lipinski definition) is 5. The van der Waals surface area contributed by atoms with E-state index in [0.29, 0.717) is 16.8 Å². The molecule has 6 nitrogen and oxygen atoms in total. The average Bonchev–Trinajstić information content (AvgIpc) is 3.18. The van der Waals surface area contributed by atoms with Crippen molar-refractivity contribution in [2.45, 2.75) is 26.2 Å². The molecule has 1 aliphatic carbocycles. The summed E-state index contributed by atoms with van der Waals surface area (Å²) in [6, 6.07) is 14.1. The minimum absolute atomic E-state index is 0.0917. The van der Waals surface area contributed by atoms with Gasteiger partial charge in [-0.3, -0.25) is 14.6 Å². The molecule has 1 N–H and O–H groups in total. The number of rotatable bonds is 5. The first-order valence-electron chi connectivity index (χ1n) is 9.51. The monoisotopic (exact) mass is 388 g/mol. The number of anilines is 1. The highest BCUT2D eigenvalue weighted by molar-refractivity contribution is 6.06. The molecule has 0 radical (unpaired) electrons. The van der Waals surface area contributed by atoms with E-state index >= 15 is 0 Å². The number of ether oxygens (including phenoxy) is 1. The second kappa shape index (κ2) is 7.83. The van der Waals surface area contributed by atoms with E-state index in [1.165, 1.54) is 6.92 Å². The fourth-order valence-electron chi connectivity index (χ4n) is 3.66. The number of ketones is 1. The number of para-hydroxylation sites is 1. The van der Waals surface area contributed by atoms with Gasteiger partial charge in [0.2, 0.25) is 0 Å². The number of fused-ring (bicyclic) bond motifs is 2. The number of aryl methyl sites for hydroxylation is 1. The third-order valence-corrected chi connectivity index (χ3v) is 5.01. The number of esters is 1. The number of hydrogen-bond donors (Lipinski definition) is 1. The summed E-state index contributed by atoms with van der Waals surface area (Å²) in [5, 5.41) is 3.40. The van der Waals surface area contributed by atoms with Crippen LogP contribution in [-0.2, 0) is 22.4 Å². The van der Waals surface area contributed by atoms with Crippen LogP contribution in [0.3, 0.4) is 0 Å². The minimum Gasteiger partial charge on any atom is -0.452 e. The molecule has 4 rings (SSSR count). The Bertz CT molecular complexity index is 1140. The van der Waals surface area contributed by atoms with Crippen LogP contribution >= 0.6 is 0 Å². The van der Waals surface area contributed by atoms with Crippen molar-refractivity contribution in [2.24, 2.45) is 0 Å². The molecule has 29 heavy (non-hydrogen) atoms. The van der Waals surface area contributed by atoms with Crippen LogP contribution in [0.2, 0.25) is 0 Å². The Labute approximate surface area is 167 Å². The number of carbonyl (C=O) groups is 3. The number of carbonyl (C=O) groups excluding carboxylic acids is 3. The first-order valence-corrected chi connectivity index (χ1v) is 9.51. The average molecular weight is 388 g/mol. The topological polar surface area (TPSA) is 85.4 Å². The Morgan fingerprint density at radius 2 is 1.90 bits per heavy atom. The molecule has 1 amide bonds. The van der Waals surface area contributed by atoms with E-state index in [1.807, 2.05) is 24.3 Å². The third-order valence-electron chi connectivity index (χ3n) is 5.01. The molecule has 1 aromatic heterocycles. The van der Waals surface area contributed by atoms with Crippen LogP contribution in [0.15, 0.2) is 48.5 Å². The van der Waals surface area contributed by atoms with E-state index < -0.39 is 18.5 Å². The van der Waals surface area contributed by atoms with Crippen LogP contribution in [0.4, 0.5) is 5.69 Å². The van der Waals surface area contributed by atoms with E-state index in [0.717, 1.165) is 41.4 Å². The standard InChI is InChI=1S/C23H20N2O4/c1-14(26)15-6-4-7-16(12-15)24-21(27)13-29-23(28)22-17-8-2-3-10-19(17)25-20-11-5-9-18(20)22/h2-4,6-8,10,12H,5,9,11,13H2,1H3,(H,24,27). The van der Waals surface area contributed by atoms with Gasteiger partial charge in [0.1, 0.15) is 0 Å². The van der Waals surface area contributed by atoms with Crippen LogP contribution in [0.25, 0.3) is 10.9 Å². The molecule has 0 unspecified atom stereocenters. The number of benzene rings is 2. The fourth-order valence-corrected chi connectivity index (χ4v) is 3.66. The van der Waals surface area contributed by atoms with E-state index in [4.69, 9.17) is 4.74 Å². The lowest BCUT2D eigenvalue weighted by molar-refractivity contribution is -0.119. The van der Waals surface area contributed by atoms with Gasteiger partial charge in [-0.2, -0.15) is 0 Å². The Balaban J connectivity index is 1.50. The highest BCUT2D eigenvalue weighted by Crippen LogP contribution is 2.30. The van der Waals surface area contributed by atoms with Crippen molar-refractivity contribution in [1.29, 1.82) is 0 Å². The molecule has 1 heterocycles. The van der Waals surface area contributed by atoms with Gasteiger partial charge in [0.05, 0.1) is 11.1 Å². The maximum atomic E-state index is 12.8. The van der Waals surface area contributed by atoms with E-state index in [2.05, 4.69) is 10.3 Å². The van der Waals surface area contributed by atoms with Gasteiger partial charge in [0.25, 0.3) is 5.91 Å². The number of amides is 1. The van der Waals surface area contributed by atoms with Crippen molar-refractivity contribution in [1.82, 2.24) is 4.98 Å². The summed E-state index contributed by atoms with van der Waals surface area (Å²) in [5.74, 6) is -1.07. The maximum absolute atomic E-state index is 12.8. The molecule has 146 valence electrons. The second-order valence-electron chi connectivity index (χ2n) is 7.04. The highest BCUT2D eigenvalue weighted by atomic mass is 16.5. The van der Waals surface area contributed by atoms with Gasteiger partial charge in [0, 0.05) is 22.3 Å². The summed E-state index contributed by atoms with van der Waals surface area (Å²) in [6.07, 6.45) is 2.57. The normalized spacial score (nSPS) is 12.4. The van der Waals surface area contributed by atoms with E-state index in [9.17, 15) is 14.4 Å². The summed E-state index contributed by atoms with van der Waals surface area (Å²) in [5.41, 5.74) is 4.09. The molecule has 2 aromatic carbocycles. The van der Waals surface area contributed by atoms with Gasteiger partial charge in [-0.15, -0.1) is 0 Å². The van der Waals surface area contributed by atoms with Crippen molar-refractivity contribution < 1.29 is 19.1 Å². The molecule has 0 saturated carbocycles. The number of aromatic nitrogens is 1. The minimum atomic E-state index is -0.519. The number of Topliss-reactive ketones (excluding diaryl/α,β-unsaturated/α-hetero) is 1. The van der Waals surface area contributed by atoms with E-state index in [-0.39, 0.29) is 5.78 Å². The molecular weight excluding hydrogens is 368 g/mol. The summed E-state index contributed by atoms with van der Waals surface area (Å²) in [4.78, 5) is 41.2. The molecule has 0 saturated heterocycles. The van der Waals surface area contributed by atoms with Gasteiger partial charge in [-0.25, -0.2) is 4.79 Å². The summed E-state index contributed by atoms with van der Waals surface area (Å²) < 4.78 is 5.33. The van der Waals surface area contributed by atoms with Gasteiger partial charge < -0.3 is 10.1 Å². The van der Waals surface area contributed by atoms with Crippen molar-refractivity contribution in [3.8, 4) is 0 Å². The SMILES string of the molecule is CC(=O)c1cccc(NC(=O)COC(=O)c2c3c(nc4ccccc24)CCC3)c1. The molecule has 0 spiro atoms. The molecule has 6 heteroatoms. The zero-order valence-electron chi connectivity index (χ0n) is 16.0. The second-order valence-corrected chi connectivity index (χ2v) is 7.04. The lowest BCUT2D eigenvalue weighted by Gasteiger charge is -2.12. The number of nitrogens with one attached hydrogen (secondary N) is 1. The lowest BCUT2D eigenvalue weighted by atomic mass is 10.0. The molecule has 0 fully saturated rings. The zero-order valence-corrected chi connectivity index (χ0v) is 16.0. The van der Waals surface area contributed by atoms with Gasteiger partial charge in [-0.1, -0.05) is 30.3 Å². The van der Waals surface area contributed by atoms with Crippen molar-refractivity contribution >= 4 is 34.3 Å². The molecule has 1 aliphatic rings. The van der Waals surface area contributed by atoms with Crippen LogP contribution < -0.4 is 5.32 Å².